The van der Waals surface area contributed by atoms with Crippen LogP contribution in [0.4, 0.5) is 11.6 Å². The molecule has 258 valence electrons. The number of aliphatic hydroxyl groups excluding tert-OH is 4. The number of nitrogens with one attached hydrogen (secondary N) is 1. The van der Waals surface area contributed by atoms with Crippen molar-refractivity contribution in [1.29, 1.82) is 0 Å². The summed E-state index contributed by atoms with van der Waals surface area (Å²) in [5.41, 5.74) is 18.0. The van der Waals surface area contributed by atoms with E-state index in [4.69, 9.17) is 33.5 Å². The molecule has 1 aromatic carbocycles. The molecule has 0 bridgehead atoms. The van der Waals surface area contributed by atoms with E-state index in [1.54, 1.807) is 6.92 Å². The lowest BCUT2D eigenvalue weighted by Crippen LogP contribution is -2.49. The molecule has 0 unspecified atom stereocenters. The first-order valence-corrected chi connectivity index (χ1v) is 16.2. The molecule has 2 rings (SSSR count). The van der Waals surface area contributed by atoms with Gasteiger partial charge in [0.05, 0.1) is 12.2 Å². The number of hydrogen-bond acceptors (Lipinski definition) is 12. The van der Waals surface area contributed by atoms with E-state index in [-0.39, 0.29) is 41.4 Å². The van der Waals surface area contributed by atoms with E-state index >= 15 is 0 Å². The van der Waals surface area contributed by atoms with Crippen LogP contribution in [-0.2, 0) is 6.42 Å². The standard InChI is InChI=1S/C31H51ClN8O6/c1-3-5-6-9-16-40(19-23(42)26(44)25(43)22(41)4-2)17-18-46-21-13-11-20(12-14-21)10-7-8-15-36-31(35)39-30(45)24-28(33)38-29(34)27(32)37-24/h11-14,22-23,25-26,41-44H,3-10,15-19H2,1-2H3,(H4,33,34,38)(H3,35,36,39,45)/t22-,23+,25+,26-/m0/s1. The number of aliphatic imine (C=N–C) groups is 1. The monoisotopic (exact) mass is 666 g/mol. The maximum atomic E-state index is 12.3. The van der Waals surface area contributed by atoms with Crippen molar-refractivity contribution < 1.29 is 30.0 Å². The Hall–Kier alpha value is -3.27. The fraction of sp³-hybridized carbons (Fsp3) is 0.613. The highest BCUT2D eigenvalue weighted by molar-refractivity contribution is 6.31. The third kappa shape index (κ3) is 13.6. The molecule has 0 saturated carbocycles. The Kier molecular flexibility index (Phi) is 17.6. The second-order valence-corrected chi connectivity index (χ2v) is 11.5. The number of nitrogens with two attached hydrogens (primary N) is 3. The van der Waals surface area contributed by atoms with Gasteiger partial charge in [-0.05, 0) is 56.3 Å². The van der Waals surface area contributed by atoms with Crippen LogP contribution >= 0.6 is 11.6 Å². The van der Waals surface area contributed by atoms with E-state index in [0.717, 1.165) is 62.8 Å². The number of anilines is 2. The molecule has 46 heavy (non-hydrogen) atoms. The van der Waals surface area contributed by atoms with Crippen LogP contribution in [0.1, 0.15) is 74.8 Å². The SMILES string of the molecule is CCCCCCN(CCOc1ccc(CCCCN=C(N)NC(=O)c2nc(Cl)c(N)nc2N)cc1)C[C@@H](O)[C@H](O)[C@H](O)[C@@H](O)CC. The van der Waals surface area contributed by atoms with Crippen molar-refractivity contribution in [2.45, 2.75) is 89.6 Å². The Morgan fingerprint density at radius 1 is 0.957 bits per heavy atom. The number of hydrogen-bond donors (Lipinski definition) is 8. The number of nitrogen functional groups attached to an aromatic ring is 2. The van der Waals surface area contributed by atoms with Gasteiger partial charge in [-0.2, -0.15) is 0 Å². The first kappa shape index (κ1) is 38.9. The first-order valence-electron chi connectivity index (χ1n) is 15.8. The molecular weight excluding hydrogens is 616 g/mol. The molecule has 0 aliphatic heterocycles. The normalized spacial score (nSPS) is 14.6. The summed E-state index contributed by atoms with van der Waals surface area (Å²) in [6, 6.07) is 7.82. The van der Waals surface area contributed by atoms with Crippen molar-refractivity contribution in [3.05, 3.63) is 40.7 Å². The molecule has 0 fully saturated rings. The van der Waals surface area contributed by atoms with Crippen LogP contribution in [0.15, 0.2) is 29.3 Å². The van der Waals surface area contributed by atoms with E-state index in [2.05, 4.69) is 27.2 Å². The van der Waals surface area contributed by atoms with Crippen molar-refractivity contribution in [3.63, 3.8) is 0 Å². The summed E-state index contributed by atoms with van der Waals surface area (Å²) in [5.74, 6) is -0.278. The number of carbonyl (C=O) groups excluding carboxylic acids is 1. The number of aromatic nitrogens is 2. The van der Waals surface area contributed by atoms with Crippen LogP contribution in [-0.4, -0.2) is 104 Å². The van der Waals surface area contributed by atoms with Crippen LogP contribution in [0.5, 0.6) is 5.75 Å². The second-order valence-electron chi connectivity index (χ2n) is 11.2. The zero-order chi connectivity index (χ0) is 34.1. The Morgan fingerprint density at radius 2 is 1.65 bits per heavy atom. The number of carbonyl (C=O) groups is 1. The molecule has 11 N–H and O–H groups in total. The summed E-state index contributed by atoms with van der Waals surface area (Å²) < 4.78 is 5.95. The fourth-order valence-corrected chi connectivity index (χ4v) is 4.76. The molecule has 0 saturated heterocycles. The average molecular weight is 667 g/mol. The quantitative estimate of drug-likeness (QED) is 0.0537. The third-order valence-electron chi connectivity index (χ3n) is 7.45. The van der Waals surface area contributed by atoms with E-state index in [0.29, 0.717) is 19.7 Å². The van der Waals surface area contributed by atoms with Crippen LogP contribution < -0.4 is 27.3 Å². The molecule has 4 atom stereocenters. The predicted molar refractivity (Wildman–Crippen MR) is 180 cm³/mol. The number of halogens is 1. The highest BCUT2D eigenvalue weighted by atomic mass is 35.5. The largest absolute Gasteiger partial charge is 0.492 e. The summed E-state index contributed by atoms with van der Waals surface area (Å²) in [6.45, 7) is 6.05. The van der Waals surface area contributed by atoms with E-state index in [1.807, 2.05) is 29.2 Å². The minimum atomic E-state index is -1.44. The number of nitrogens with zero attached hydrogens (tertiary/aromatic N) is 4. The summed E-state index contributed by atoms with van der Waals surface area (Å²) in [7, 11) is 0. The molecule has 2 aromatic rings. The molecule has 14 nitrogen and oxygen atoms in total. The number of benzene rings is 1. The maximum Gasteiger partial charge on any atom is 0.280 e. The van der Waals surface area contributed by atoms with Crippen molar-refractivity contribution >= 4 is 35.1 Å². The lowest BCUT2D eigenvalue weighted by atomic mass is 10.0. The number of aryl methyl sites for hydroxylation is 1. The van der Waals surface area contributed by atoms with Crippen LogP contribution in [0.3, 0.4) is 0 Å². The summed E-state index contributed by atoms with van der Waals surface area (Å²) in [5, 5.41) is 43.1. The fourth-order valence-electron chi connectivity index (χ4n) is 4.63. The van der Waals surface area contributed by atoms with Crippen LogP contribution in [0, 0.1) is 0 Å². The van der Waals surface area contributed by atoms with Crippen molar-refractivity contribution in [2.24, 2.45) is 10.7 Å². The van der Waals surface area contributed by atoms with Gasteiger partial charge in [0.1, 0.15) is 24.6 Å². The van der Waals surface area contributed by atoms with Gasteiger partial charge in [-0.15, -0.1) is 0 Å². The molecule has 0 aliphatic rings. The predicted octanol–water partition coefficient (Wildman–Crippen LogP) is 1.48. The van der Waals surface area contributed by atoms with Gasteiger partial charge in [-0.25, -0.2) is 9.97 Å². The van der Waals surface area contributed by atoms with Crippen LogP contribution in [0.2, 0.25) is 5.15 Å². The van der Waals surface area contributed by atoms with Gasteiger partial charge in [-0.3, -0.25) is 20.0 Å². The molecule has 15 heteroatoms. The Morgan fingerprint density at radius 3 is 2.33 bits per heavy atom. The minimum Gasteiger partial charge on any atom is -0.492 e. The molecule has 1 heterocycles. The Balaban J connectivity index is 1.76. The third-order valence-corrected chi connectivity index (χ3v) is 7.72. The minimum absolute atomic E-state index is 0.0706. The Labute approximate surface area is 276 Å². The average Bonchev–Trinajstić information content (AvgIpc) is 3.03. The van der Waals surface area contributed by atoms with Crippen LogP contribution in [0.25, 0.3) is 0 Å². The number of guanidine groups is 1. The lowest BCUT2D eigenvalue weighted by Gasteiger charge is -2.30. The summed E-state index contributed by atoms with van der Waals surface area (Å²) in [6.07, 6.45) is 1.78. The second kappa shape index (κ2) is 20.8. The zero-order valence-electron chi connectivity index (χ0n) is 26.8. The van der Waals surface area contributed by atoms with Gasteiger partial charge in [0.25, 0.3) is 5.91 Å². The van der Waals surface area contributed by atoms with Gasteiger partial charge in [0.15, 0.2) is 28.4 Å². The first-order chi connectivity index (χ1) is 22.0. The molecule has 0 spiro atoms. The highest BCUT2D eigenvalue weighted by Gasteiger charge is 2.30. The maximum absolute atomic E-state index is 12.3. The number of rotatable bonds is 21. The topological polar surface area (TPSA) is 239 Å². The number of ether oxygens (including phenoxy) is 1. The summed E-state index contributed by atoms with van der Waals surface area (Å²) >= 11 is 5.81. The van der Waals surface area contributed by atoms with E-state index in [1.165, 1.54) is 0 Å². The van der Waals surface area contributed by atoms with Gasteiger partial charge < -0.3 is 42.4 Å². The van der Waals surface area contributed by atoms with Gasteiger partial charge in [0.2, 0.25) is 0 Å². The lowest BCUT2D eigenvalue weighted by molar-refractivity contribution is -0.111. The molecule has 0 radical (unpaired) electrons. The molecule has 1 aromatic heterocycles. The highest BCUT2D eigenvalue weighted by Crippen LogP contribution is 2.18. The van der Waals surface area contributed by atoms with Gasteiger partial charge >= 0.3 is 0 Å². The molecule has 0 aliphatic carbocycles. The van der Waals surface area contributed by atoms with Gasteiger partial charge in [-0.1, -0.05) is 56.8 Å². The summed E-state index contributed by atoms with van der Waals surface area (Å²) in [4.78, 5) is 26.1. The van der Waals surface area contributed by atoms with E-state index < -0.39 is 30.3 Å². The number of aliphatic hydroxyl groups is 4. The van der Waals surface area contributed by atoms with Crippen molar-refractivity contribution in [2.75, 3.05) is 44.3 Å². The van der Waals surface area contributed by atoms with Crippen molar-refractivity contribution in [1.82, 2.24) is 20.2 Å². The zero-order valence-corrected chi connectivity index (χ0v) is 27.6. The van der Waals surface area contributed by atoms with E-state index in [9.17, 15) is 25.2 Å². The number of unbranched alkanes of at least 4 members (excludes halogenated alkanes) is 4. The van der Waals surface area contributed by atoms with Crippen molar-refractivity contribution in [3.8, 4) is 5.75 Å². The smallest absolute Gasteiger partial charge is 0.280 e. The molecular formula is C31H51ClN8O6. The molecule has 1 amide bonds. The Bertz CT molecular complexity index is 1220. The number of amides is 1. The van der Waals surface area contributed by atoms with Gasteiger partial charge in [0, 0.05) is 19.6 Å².